The van der Waals surface area contributed by atoms with Gasteiger partial charge in [0.15, 0.2) is 5.65 Å². The van der Waals surface area contributed by atoms with Crippen molar-refractivity contribution in [3.8, 4) is 22.4 Å². The summed E-state index contributed by atoms with van der Waals surface area (Å²) in [5.41, 5.74) is 5.98. The Hall–Kier alpha value is -3.08. The first-order chi connectivity index (χ1) is 10.8. The normalized spacial score (nSPS) is 11.0. The summed E-state index contributed by atoms with van der Waals surface area (Å²) in [6.45, 7) is 2.07. The van der Waals surface area contributed by atoms with Crippen LogP contribution < -0.4 is 0 Å². The Balaban J connectivity index is 1.97. The molecule has 0 bridgehead atoms. The fraction of sp³-hybridized carbons (Fsp3) is 0.0588. The standard InChI is InChI=1S/C17H13N5/c1-12-4-7-19-10-15(12)14-5-8-21-22-16(11-20-17(14)22)13-3-2-6-18-9-13/h2-11H,1H3. The van der Waals surface area contributed by atoms with Gasteiger partial charge in [0.1, 0.15) is 0 Å². The minimum Gasteiger partial charge on any atom is -0.264 e. The SMILES string of the molecule is Cc1ccncc1-c1ccnn2c(-c3cccnc3)cnc12. The third-order valence-electron chi connectivity index (χ3n) is 3.69. The van der Waals surface area contributed by atoms with E-state index in [1.807, 2.05) is 47.4 Å². The highest BCUT2D eigenvalue weighted by Gasteiger charge is 2.12. The molecule has 0 unspecified atom stereocenters. The van der Waals surface area contributed by atoms with Crippen LogP contribution in [-0.2, 0) is 0 Å². The van der Waals surface area contributed by atoms with Gasteiger partial charge >= 0.3 is 0 Å². The van der Waals surface area contributed by atoms with E-state index in [1.54, 1.807) is 18.6 Å². The average molecular weight is 287 g/mol. The molecule has 0 N–H and O–H groups in total. The number of rotatable bonds is 2. The minimum atomic E-state index is 0.817. The molecule has 0 aromatic carbocycles. The van der Waals surface area contributed by atoms with Crippen molar-refractivity contribution in [3.63, 3.8) is 0 Å². The van der Waals surface area contributed by atoms with Crippen molar-refractivity contribution in [1.29, 1.82) is 0 Å². The first-order valence-electron chi connectivity index (χ1n) is 6.99. The molecule has 4 aromatic heterocycles. The highest BCUT2D eigenvalue weighted by atomic mass is 15.3. The van der Waals surface area contributed by atoms with Gasteiger partial charge in [-0.1, -0.05) is 0 Å². The summed E-state index contributed by atoms with van der Waals surface area (Å²) >= 11 is 0. The summed E-state index contributed by atoms with van der Waals surface area (Å²) in [7, 11) is 0. The van der Waals surface area contributed by atoms with Crippen molar-refractivity contribution in [2.45, 2.75) is 6.92 Å². The zero-order chi connectivity index (χ0) is 14.9. The van der Waals surface area contributed by atoms with E-state index in [2.05, 4.69) is 27.0 Å². The molecule has 0 fully saturated rings. The van der Waals surface area contributed by atoms with Gasteiger partial charge in [-0.2, -0.15) is 5.10 Å². The predicted octanol–water partition coefficient (Wildman–Crippen LogP) is 3.16. The Morgan fingerprint density at radius 3 is 2.59 bits per heavy atom. The van der Waals surface area contributed by atoms with Crippen molar-refractivity contribution in [2.24, 2.45) is 0 Å². The third kappa shape index (κ3) is 1.95. The largest absolute Gasteiger partial charge is 0.264 e. The second-order valence-electron chi connectivity index (χ2n) is 5.06. The first-order valence-corrected chi connectivity index (χ1v) is 6.99. The summed E-state index contributed by atoms with van der Waals surface area (Å²) in [4.78, 5) is 12.9. The van der Waals surface area contributed by atoms with Crippen molar-refractivity contribution in [2.75, 3.05) is 0 Å². The molecule has 0 amide bonds. The summed E-state index contributed by atoms with van der Waals surface area (Å²) < 4.78 is 1.85. The van der Waals surface area contributed by atoms with E-state index in [0.717, 1.165) is 33.6 Å². The Morgan fingerprint density at radius 2 is 1.77 bits per heavy atom. The van der Waals surface area contributed by atoms with E-state index in [0.29, 0.717) is 0 Å². The third-order valence-corrected chi connectivity index (χ3v) is 3.69. The topological polar surface area (TPSA) is 56.0 Å². The number of nitrogens with zero attached hydrogens (tertiary/aromatic N) is 5. The summed E-state index contributed by atoms with van der Waals surface area (Å²) in [5, 5.41) is 4.44. The number of aryl methyl sites for hydroxylation is 1. The zero-order valence-electron chi connectivity index (χ0n) is 12.0. The number of aromatic nitrogens is 5. The average Bonchev–Trinajstić information content (AvgIpc) is 3.00. The maximum atomic E-state index is 4.56. The van der Waals surface area contributed by atoms with Gasteiger partial charge in [-0.3, -0.25) is 9.97 Å². The molecule has 0 saturated heterocycles. The molecule has 5 heteroatoms. The van der Waals surface area contributed by atoms with Gasteiger partial charge in [-0.15, -0.1) is 0 Å². The van der Waals surface area contributed by atoms with Crippen LogP contribution in [0.15, 0.2) is 61.4 Å². The highest BCUT2D eigenvalue weighted by molar-refractivity contribution is 5.80. The molecular formula is C17H13N5. The molecule has 4 heterocycles. The molecule has 0 atom stereocenters. The summed E-state index contributed by atoms with van der Waals surface area (Å²) in [5.74, 6) is 0. The Morgan fingerprint density at radius 1 is 0.864 bits per heavy atom. The number of fused-ring (bicyclic) bond motifs is 1. The lowest BCUT2D eigenvalue weighted by Crippen LogP contribution is -1.96. The molecule has 5 nitrogen and oxygen atoms in total. The van der Waals surface area contributed by atoms with Gasteiger partial charge in [0.25, 0.3) is 0 Å². The van der Waals surface area contributed by atoms with Gasteiger partial charge in [0, 0.05) is 47.7 Å². The van der Waals surface area contributed by atoms with Crippen LogP contribution in [0.3, 0.4) is 0 Å². The van der Waals surface area contributed by atoms with Crippen LogP contribution in [-0.4, -0.2) is 24.6 Å². The fourth-order valence-corrected chi connectivity index (χ4v) is 2.56. The first kappa shape index (κ1) is 12.6. The van der Waals surface area contributed by atoms with Crippen LogP contribution in [0.1, 0.15) is 5.56 Å². The summed E-state index contributed by atoms with van der Waals surface area (Å²) in [6.07, 6.45) is 10.8. The van der Waals surface area contributed by atoms with E-state index in [4.69, 9.17) is 0 Å². The maximum Gasteiger partial charge on any atom is 0.162 e. The lowest BCUT2D eigenvalue weighted by molar-refractivity contribution is 0.943. The molecule has 22 heavy (non-hydrogen) atoms. The maximum absolute atomic E-state index is 4.56. The van der Waals surface area contributed by atoms with Crippen molar-refractivity contribution < 1.29 is 0 Å². The zero-order valence-corrected chi connectivity index (χ0v) is 12.0. The van der Waals surface area contributed by atoms with Crippen molar-refractivity contribution in [1.82, 2.24) is 24.6 Å². The molecular weight excluding hydrogens is 274 g/mol. The predicted molar refractivity (Wildman–Crippen MR) is 84.2 cm³/mol. The van der Waals surface area contributed by atoms with Gasteiger partial charge < -0.3 is 0 Å². The van der Waals surface area contributed by atoms with E-state index in [1.165, 1.54) is 0 Å². The van der Waals surface area contributed by atoms with Crippen molar-refractivity contribution >= 4 is 5.65 Å². The van der Waals surface area contributed by atoms with E-state index >= 15 is 0 Å². The molecule has 0 aliphatic carbocycles. The summed E-state index contributed by atoms with van der Waals surface area (Å²) in [6, 6.07) is 7.88. The molecule has 0 saturated carbocycles. The molecule has 4 rings (SSSR count). The van der Waals surface area contributed by atoms with Crippen LogP contribution in [0.5, 0.6) is 0 Å². The molecule has 0 spiro atoms. The molecule has 4 aromatic rings. The molecule has 0 radical (unpaired) electrons. The number of hydrogen-bond acceptors (Lipinski definition) is 4. The monoisotopic (exact) mass is 287 g/mol. The van der Waals surface area contributed by atoms with Crippen LogP contribution >= 0.6 is 0 Å². The van der Waals surface area contributed by atoms with Crippen LogP contribution in [0.2, 0.25) is 0 Å². The number of hydrogen-bond donors (Lipinski definition) is 0. The molecule has 106 valence electrons. The lowest BCUT2D eigenvalue weighted by Gasteiger charge is -2.07. The van der Waals surface area contributed by atoms with Crippen LogP contribution in [0.4, 0.5) is 0 Å². The van der Waals surface area contributed by atoms with E-state index in [-0.39, 0.29) is 0 Å². The quantitative estimate of drug-likeness (QED) is 0.568. The van der Waals surface area contributed by atoms with Crippen LogP contribution in [0, 0.1) is 6.92 Å². The fourth-order valence-electron chi connectivity index (χ4n) is 2.56. The molecule has 0 aliphatic rings. The van der Waals surface area contributed by atoms with E-state index in [9.17, 15) is 0 Å². The Kier molecular flexibility index (Phi) is 2.89. The lowest BCUT2D eigenvalue weighted by atomic mass is 10.1. The number of pyridine rings is 2. The minimum absolute atomic E-state index is 0.817. The van der Waals surface area contributed by atoms with Gasteiger partial charge in [-0.25, -0.2) is 9.50 Å². The second-order valence-corrected chi connectivity index (χ2v) is 5.06. The smallest absolute Gasteiger partial charge is 0.162 e. The Labute approximate surface area is 127 Å². The Bertz CT molecular complexity index is 944. The van der Waals surface area contributed by atoms with E-state index < -0.39 is 0 Å². The highest BCUT2D eigenvalue weighted by Crippen LogP contribution is 2.28. The van der Waals surface area contributed by atoms with Gasteiger partial charge in [-0.05, 0) is 36.8 Å². The number of imidazole rings is 1. The van der Waals surface area contributed by atoms with Gasteiger partial charge in [0.2, 0.25) is 0 Å². The second kappa shape index (κ2) is 5.04. The van der Waals surface area contributed by atoms with Gasteiger partial charge in [0.05, 0.1) is 11.9 Å². The van der Waals surface area contributed by atoms with Crippen LogP contribution in [0.25, 0.3) is 28.0 Å². The van der Waals surface area contributed by atoms with Crippen molar-refractivity contribution in [3.05, 3.63) is 67.0 Å². The molecule has 0 aliphatic heterocycles.